The molecule has 0 fully saturated rings. The highest BCUT2D eigenvalue weighted by Gasteiger charge is 2.12. The molecule has 3 rings (SSSR count). The van der Waals surface area contributed by atoms with Gasteiger partial charge in [0.15, 0.2) is 4.80 Å². The van der Waals surface area contributed by atoms with E-state index in [1.165, 1.54) is 11.3 Å². The number of nitrogens with zero attached hydrogens (tertiary/aromatic N) is 3. The summed E-state index contributed by atoms with van der Waals surface area (Å²) in [5.74, 6) is 0.571. The SMILES string of the molecule is CCCn1c(=NC(=O)c2ccc(N(C)C)cc2)sc2cccc(OC)c21. The van der Waals surface area contributed by atoms with Crippen molar-refractivity contribution >= 4 is 33.1 Å². The van der Waals surface area contributed by atoms with E-state index < -0.39 is 0 Å². The number of anilines is 1. The van der Waals surface area contributed by atoms with Gasteiger partial charge in [-0.3, -0.25) is 4.79 Å². The number of aryl methyl sites for hydroxylation is 1. The summed E-state index contributed by atoms with van der Waals surface area (Å²) in [4.78, 5) is 19.8. The van der Waals surface area contributed by atoms with E-state index in [1.807, 2.05) is 61.5 Å². The van der Waals surface area contributed by atoms with Crippen molar-refractivity contribution in [2.24, 2.45) is 4.99 Å². The molecule has 1 heterocycles. The van der Waals surface area contributed by atoms with Gasteiger partial charge in [0.05, 0.1) is 11.8 Å². The standard InChI is InChI=1S/C20H23N3O2S/c1-5-13-23-18-16(25-4)7-6-8-17(18)26-20(23)21-19(24)14-9-11-15(12-10-14)22(2)3/h6-12H,5,13H2,1-4H3. The van der Waals surface area contributed by atoms with E-state index in [2.05, 4.69) is 16.5 Å². The van der Waals surface area contributed by atoms with Crippen LogP contribution in [0.4, 0.5) is 5.69 Å². The van der Waals surface area contributed by atoms with Gasteiger partial charge < -0.3 is 14.2 Å². The minimum absolute atomic E-state index is 0.231. The number of methoxy groups -OCH3 is 1. The summed E-state index contributed by atoms with van der Waals surface area (Å²) in [6.45, 7) is 2.89. The predicted molar refractivity (Wildman–Crippen MR) is 107 cm³/mol. The van der Waals surface area contributed by atoms with Crippen LogP contribution in [0.2, 0.25) is 0 Å². The molecular formula is C20H23N3O2S. The van der Waals surface area contributed by atoms with Crippen LogP contribution in [-0.2, 0) is 6.54 Å². The van der Waals surface area contributed by atoms with Gasteiger partial charge in [0.25, 0.3) is 5.91 Å². The number of amides is 1. The lowest BCUT2D eigenvalue weighted by Gasteiger charge is -2.11. The summed E-state index contributed by atoms with van der Waals surface area (Å²) in [6, 6.07) is 13.4. The number of ether oxygens (including phenoxy) is 1. The molecule has 0 saturated heterocycles. The Morgan fingerprint density at radius 3 is 2.54 bits per heavy atom. The Labute approximate surface area is 157 Å². The first-order valence-electron chi connectivity index (χ1n) is 8.58. The molecule has 0 N–H and O–H groups in total. The van der Waals surface area contributed by atoms with Crippen LogP contribution in [-0.4, -0.2) is 31.7 Å². The molecule has 0 aliphatic heterocycles. The van der Waals surface area contributed by atoms with Crippen LogP contribution >= 0.6 is 11.3 Å². The minimum Gasteiger partial charge on any atom is -0.495 e. The highest BCUT2D eigenvalue weighted by molar-refractivity contribution is 7.16. The first-order chi connectivity index (χ1) is 12.5. The van der Waals surface area contributed by atoms with Gasteiger partial charge in [-0.25, -0.2) is 0 Å². The van der Waals surface area contributed by atoms with Crippen LogP contribution in [0.1, 0.15) is 23.7 Å². The number of aromatic nitrogens is 1. The third-order valence-corrected chi connectivity index (χ3v) is 5.20. The van der Waals surface area contributed by atoms with Gasteiger partial charge in [-0.1, -0.05) is 24.3 Å². The van der Waals surface area contributed by atoms with E-state index in [1.54, 1.807) is 7.11 Å². The first-order valence-corrected chi connectivity index (χ1v) is 9.39. The maximum atomic E-state index is 12.7. The number of hydrogen-bond donors (Lipinski definition) is 0. The number of fused-ring (bicyclic) bond motifs is 1. The number of carbonyl (C=O) groups is 1. The smallest absolute Gasteiger partial charge is 0.279 e. The van der Waals surface area contributed by atoms with Crippen molar-refractivity contribution in [1.82, 2.24) is 4.57 Å². The average Bonchev–Trinajstić information content (AvgIpc) is 2.99. The second-order valence-corrected chi connectivity index (χ2v) is 7.21. The van der Waals surface area contributed by atoms with Gasteiger partial charge in [0.1, 0.15) is 11.3 Å². The molecule has 0 spiro atoms. The lowest BCUT2D eigenvalue weighted by atomic mass is 10.2. The Kier molecular flexibility index (Phi) is 5.42. The molecule has 136 valence electrons. The quantitative estimate of drug-likeness (QED) is 0.685. The summed E-state index contributed by atoms with van der Waals surface area (Å²) < 4.78 is 8.64. The van der Waals surface area contributed by atoms with Gasteiger partial charge in [0.2, 0.25) is 0 Å². The molecule has 1 aromatic heterocycles. The molecule has 0 saturated carbocycles. The zero-order valence-corrected chi connectivity index (χ0v) is 16.3. The van der Waals surface area contributed by atoms with Crippen molar-refractivity contribution in [3.8, 4) is 5.75 Å². The lowest BCUT2D eigenvalue weighted by molar-refractivity contribution is 0.0998. The zero-order valence-electron chi connectivity index (χ0n) is 15.5. The second kappa shape index (κ2) is 7.74. The highest BCUT2D eigenvalue weighted by Crippen LogP contribution is 2.27. The van der Waals surface area contributed by atoms with Gasteiger partial charge in [-0.2, -0.15) is 4.99 Å². The van der Waals surface area contributed by atoms with Crippen molar-refractivity contribution in [3.63, 3.8) is 0 Å². The van der Waals surface area contributed by atoms with Crippen LogP contribution in [0.3, 0.4) is 0 Å². The van der Waals surface area contributed by atoms with Crippen LogP contribution in [0, 0.1) is 0 Å². The number of carbonyl (C=O) groups excluding carboxylic acids is 1. The van der Waals surface area contributed by atoms with Gasteiger partial charge in [-0.05, 0) is 42.8 Å². The monoisotopic (exact) mass is 369 g/mol. The summed E-state index contributed by atoms with van der Waals surface area (Å²) in [7, 11) is 5.61. The normalized spacial score (nSPS) is 11.8. The van der Waals surface area contributed by atoms with E-state index >= 15 is 0 Å². The fourth-order valence-electron chi connectivity index (χ4n) is 2.83. The molecule has 1 amide bonds. The molecule has 0 aliphatic carbocycles. The summed E-state index contributed by atoms with van der Waals surface area (Å²) in [5, 5.41) is 0. The molecule has 0 atom stereocenters. The number of para-hydroxylation sites is 1. The average molecular weight is 369 g/mol. The van der Waals surface area contributed by atoms with Crippen molar-refractivity contribution in [3.05, 3.63) is 52.8 Å². The molecule has 5 nitrogen and oxygen atoms in total. The maximum absolute atomic E-state index is 12.7. The highest BCUT2D eigenvalue weighted by atomic mass is 32.1. The Bertz CT molecular complexity index is 984. The molecule has 0 aliphatic rings. The largest absolute Gasteiger partial charge is 0.495 e. The maximum Gasteiger partial charge on any atom is 0.279 e. The number of thiazole rings is 1. The van der Waals surface area contributed by atoms with E-state index in [0.29, 0.717) is 10.4 Å². The van der Waals surface area contributed by atoms with Crippen LogP contribution in [0.25, 0.3) is 10.2 Å². The summed E-state index contributed by atoms with van der Waals surface area (Å²) >= 11 is 1.51. The molecule has 6 heteroatoms. The Morgan fingerprint density at radius 1 is 1.19 bits per heavy atom. The summed E-state index contributed by atoms with van der Waals surface area (Å²) in [5.41, 5.74) is 2.63. The van der Waals surface area contributed by atoms with E-state index in [-0.39, 0.29) is 5.91 Å². The van der Waals surface area contributed by atoms with E-state index in [9.17, 15) is 4.79 Å². The molecule has 3 aromatic rings. The topological polar surface area (TPSA) is 46.8 Å². The van der Waals surface area contributed by atoms with Crippen molar-refractivity contribution in [1.29, 1.82) is 0 Å². The lowest BCUT2D eigenvalue weighted by Crippen LogP contribution is -2.17. The minimum atomic E-state index is -0.231. The molecule has 0 unspecified atom stereocenters. The second-order valence-electron chi connectivity index (χ2n) is 6.20. The third kappa shape index (κ3) is 3.51. The zero-order chi connectivity index (χ0) is 18.7. The molecule has 0 bridgehead atoms. The molecule has 26 heavy (non-hydrogen) atoms. The molecule has 2 aromatic carbocycles. The molecule has 0 radical (unpaired) electrons. The summed E-state index contributed by atoms with van der Waals surface area (Å²) in [6.07, 6.45) is 0.947. The van der Waals surface area contributed by atoms with Crippen molar-refractivity contribution < 1.29 is 9.53 Å². The van der Waals surface area contributed by atoms with Crippen LogP contribution < -0.4 is 14.4 Å². The third-order valence-electron chi connectivity index (χ3n) is 4.16. The van der Waals surface area contributed by atoms with Crippen molar-refractivity contribution in [2.75, 3.05) is 26.1 Å². The van der Waals surface area contributed by atoms with E-state index in [4.69, 9.17) is 4.74 Å². The molecular weight excluding hydrogens is 346 g/mol. The fraction of sp³-hybridized carbons (Fsp3) is 0.300. The van der Waals surface area contributed by atoms with Gasteiger partial charge in [-0.15, -0.1) is 0 Å². The number of benzene rings is 2. The van der Waals surface area contributed by atoms with Crippen molar-refractivity contribution in [2.45, 2.75) is 19.9 Å². The van der Waals surface area contributed by atoms with Crippen LogP contribution in [0.15, 0.2) is 47.5 Å². The Morgan fingerprint density at radius 2 is 1.92 bits per heavy atom. The Balaban J connectivity index is 2.08. The first kappa shape index (κ1) is 18.2. The number of rotatable bonds is 5. The van der Waals surface area contributed by atoms with Gasteiger partial charge >= 0.3 is 0 Å². The fourth-order valence-corrected chi connectivity index (χ4v) is 3.90. The van der Waals surface area contributed by atoms with Crippen LogP contribution in [0.5, 0.6) is 5.75 Å². The van der Waals surface area contributed by atoms with Gasteiger partial charge in [0, 0.05) is 31.9 Å². The predicted octanol–water partition coefficient (Wildman–Crippen LogP) is 3.93. The Hall–Kier alpha value is -2.60. The number of hydrogen-bond acceptors (Lipinski definition) is 4. The van der Waals surface area contributed by atoms with E-state index in [0.717, 1.165) is 34.6 Å².